The van der Waals surface area contributed by atoms with Crippen LogP contribution in [0.15, 0.2) is 29.8 Å². The van der Waals surface area contributed by atoms with Crippen molar-refractivity contribution < 1.29 is 43.5 Å². The van der Waals surface area contributed by atoms with E-state index < -0.39 is 42.8 Å². The Bertz CT molecular complexity index is 1680. The van der Waals surface area contributed by atoms with E-state index in [1.165, 1.54) is 0 Å². The molecule has 16 nitrogen and oxygen atoms in total. The highest BCUT2D eigenvalue weighted by atomic mass is 16.6. The van der Waals surface area contributed by atoms with Crippen LogP contribution in [-0.4, -0.2) is 88.0 Å². The number of nitrogens with zero attached hydrogens (tertiary/aromatic N) is 3. The van der Waals surface area contributed by atoms with Crippen LogP contribution < -0.4 is 40.8 Å². The van der Waals surface area contributed by atoms with Gasteiger partial charge in [-0.3, -0.25) is 26.0 Å². The first-order chi connectivity index (χ1) is 23.0. The van der Waals surface area contributed by atoms with Gasteiger partial charge in [0.1, 0.15) is 41.8 Å². The van der Waals surface area contributed by atoms with Crippen LogP contribution in [0.4, 0.5) is 5.95 Å². The van der Waals surface area contributed by atoms with E-state index in [0.717, 1.165) is 0 Å². The van der Waals surface area contributed by atoms with E-state index in [1.54, 1.807) is 39.2 Å². The number of esters is 1. The Balaban J connectivity index is 1.50. The first-order valence-corrected chi connectivity index (χ1v) is 15.9. The molecule has 16 heteroatoms. The predicted octanol–water partition coefficient (Wildman–Crippen LogP) is -0.246. The number of fused-ring (bicyclic) bond motifs is 3. The first kappa shape index (κ1) is 33.4. The zero-order valence-corrected chi connectivity index (χ0v) is 27.2. The third kappa shape index (κ3) is 5.79. The number of imidazole rings is 1. The number of hydrogen-bond acceptors (Lipinski definition) is 14. The maximum Gasteiger partial charge on any atom is 0.375 e. The fourth-order valence-electron chi connectivity index (χ4n) is 6.41. The van der Waals surface area contributed by atoms with Crippen molar-refractivity contribution >= 4 is 29.7 Å². The number of carbonyl (C=O) groups excluding carboxylic acids is 3. The summed E-state index contributed by atoms with van der Waals surface area (Å²) in [5, 5.41) is 30.5. The van der Waals surface area contributed by atoms with Crippen molar-refractivity contribution in [2.45, 2.75) is 83.9 Å². The number of nitrogens with one attached hydrogen (secondary N) is 3. The van der Waals surface area contributed by atoms with Crippen molar-refractivity contribution in [2.24, 2.45) is 5.73 Å². The SMILES string of the molecule is CCCOc1c2c(c(CO)c3c1/C(=C/Cn1ccnc1N1CN[C@@H]4C(=O)N[C@@H](N)N[C@@H]41)C(C=O)=C(C(=O)OCC)O3)O[C@H](C(C)(C)O)C2. The molecule has 258 valence electrons. The molecule has 0 saturated carbocycles. The number of aliphatic hydroxyl groups is 2. The minimum absolute atomic E-state index is 0.0299. The van der Waals surface area contributed by atoms with Gasteiger partial charge in [-0.05, 0) is 27.2 Å². The molecule has 48 heavy (non-hydrogen) atoms. The van der Waals surface area contributed by atoms with E-state index in [9.17, 15) is 24.6 Å². The second kappa shape index (κ2) is 13.2. The number of amides is 1. The number of aldehydes is 1. The van der Waals surface area contributed by atoms with Crippen LogP contribution in [0.2, 0.25) is 0 Å². The van der Waals surface area contributed by atoms with Gasteiger partial charge in [-0.1, -0.05) is 13.0 Å². The monoisotopic (exact) mass is 667 g/mol. The van der Waals surface area contributed by atoms with E-state index in [4.69, 9.17) is 24.7 Å². The van der Waals surface area contributed by atoms with E-state index in [0.29, 0.717) is 60.1 Å². The molecule has 5 heterocycles. The zero-order chi connectivity index (χ0) is 34.3. The topological polar surface area (TPSA) is 212 Å². The molecule has 4 atom stereocenters. The normalized spacial score (nSPS) is 24.0. The Hall–Kier alpha value is -4.48. The highest BCUT2D eigenvalue weighted by molar-refractivity contribution is 6.10. The average molecular weight is 668 g/mol. The number of rotatable bonds is 11. The van der Waals surface area contributed by atoms with Crippen molar-refractivity contribution in [3.63, 3.8) is 0 Å². The lowest BCUT2D eigenvalue weighted by atomic mass is 9.87. The largest absolute Gasteiger partial charge is 0.492 e. The molecule has 2 fully saturated rings. The molecular formula is C32H41N7O9. The van der Waals surface area contributed by atoms with Crippen LogP contribution in [0.25, 0.3) is 5.57 Å². The first-order valence-electron chi connectivity index (χ1n) is 15.9. The minimum Gasteiger partial charge on any atom is -0.492 e. The lowest BCUT2D eigenvalue weighted by Gasteiger charge is -2.35. The van der Waals surface area contributed by atoms with Gasteiger partial charge in [0.25, 0.3) is 0 Å². The maximum absolute atomic E-state index is 13.2. The van der Waals surface area contributed by atoms with Gasteiger partial charge in [0.2, 0.25) is 17.6 Å². The van der Waals surface area contributed by atoms with Gasteiger partial charge in [0.05, 0.1) is 48.8 Å². The highest BCUT2D eigenvalue weighted by Crippen LogP contribution is 2.54. The summed E-state index contributed by atoms with van der Waals surface area (Å²) in [6.45, 7) is 7.11. The number of anilines is 1. The molecule has 6 rings (SSSR count). The molecule has 0 aliphatic carbocycles. The highest BCUT2D eigenvalue weighted by Gasteiger charge is 2.45. The summed E-state index contributed by atoms with van der Waals surface area (Å²) < 4.78 is 25.8. The Morgan fingerprint density at radius 3 is 2.77 bits per heavy atom. The quantitative estimate of drug-likeness (QED) is 0.135. The number of allylic oxidation sites excluding steroid dienone is 3. The van der Waals surface area contributed by atoms with Crippen molar-refractivity contribution in [2.75, 3.05) is 24.8 Å². The molecule has 0 spiro atoms. The minimum atomic E-state index is -1.24. The van der Waals surface area contributed by atoms with Crippen LogP contribution in [0, 0.1) is 0 Å². The zero-order valence-electron chi connectivity index (χ0n) is 27.2. The number of aromatic nitrogens is 2. The molecule has 1 aromatic carbocycles. The van der Waals surface area contributed by atoms with Gasteiger partial charge in [-0.25, -0.2) is 9.78 Å². The summed E-state index contributed by atoms with van der Waals surface area (Å²) in [5.74, 6) is -0.176. The summed E-state index contributed by atoms with van der Waals surface area (Å²) >= 11 is 0. The van der Waals surface area contributed by atoms with Gasteiger partial charge in [-0.2, -0.15) is 0 Å². The van der Waals surface area contributed by atoms with E-state index in [-0.39, 0.29) is 48.1 Å². The molecule has 4 aliphatic rings. The number of nitrogens with two attached hydrogens (primary N) is 1. The smallest absolute Gasteiger partial charge is 0.375 e. The predicted molar refractivity (Wildman–Crippen MR) is 170 cm³/mol. The lowest BCUT2D eigenvalue weighted by Crippen LogP contribution is -2.70. The Morgan fingerprint density at radius 2 is 2.08 bits per heavy atom. The molecule has 0 radical (unpaired) electrons. The number of hydrogen-bond donors (Lipinski definition) is 6. The van der Waals surface area contributed by atoms with Crippen LogP contribution >= 0.6 is 0 Å². The standard InChI is InChI=1S/C32H41N7O9/c1-5-11-46-24-17-12-20(32(3,4)44)47-23(17)19(14-41)25-21(24)16(18(13-40)26(48-25)29(43)45-6-2)7-9-38-10-8-34-31(38)39-15-35-22-27(39)36-30(33)37-28(22)42/h7-8,10,13,20,22,27,30,35-36,41,44H,5-6,9,11-12,14-15,33H2,1-4H3,(H,37,42)/b16-7+/t20-,22-,27+,30-/m0/s1. The lowest BCUT2D eigenvalue weighted by molar-refractivity contribution is -0.141. The van der Waals surface area contributed by atoms with Gasteiger partial charge in [-0.15, -0.1) is 0 Å². The fraction of sp³-hybridized carbons (Fsp3) is 0.500. The van der Waals surface area contributed by atoms with Gasteiger partial charge in [0, 0.05) is 36.5 Å². The van der Waals surface area contributed by atoms with Crippen molar-refractivity contribution in [3.8, 4) is 17.2 Å². The van der Waals surface area contributed by atoms with E-state index in [1.807, 2.05) is 16.4 Å². The van der Waals surface area contributed by atoms with Crippen LogP contribution in [0.5, 0.6) is 17.2 Å². The summed E-state index contributed by atoms with van der Waals surface area (Å²) in [7, 11) is 0. The van der Waals surface area contributed by atoms with Crippen molar-refractivity contribution in [1.82, 2.24) is 25.5 Å². The van der Waals surface area contributed by atoms with Crippen molar-refractivity contribution in [3.05, 3.63) is 46.5 Å². The number of carbonyl (C=O) groups is 3. The average Bonchev–Trinajstić information content (AvgIpc) is 3.80. The summed E-state index contributed by atoms with van der Waals surface area (Å²) in [6, 6.07) is -0.556. The third-order valence-corrected chi connectivity index (χ3v) is 8.69. The Labute approximate surface area is 276 Å². The number of benzene rings is 1. The second-order valence-electron chi connectivity index (χ2n) is 12.4. The summed E-state index contributed by atoms with van der Waals surface area (Å²) in [6.07, 6.45) is 4.68. The van der Waals surface area contributed by atoms with Gasteiger partial charge < -0.3 is 43.9 Å². The van der Waals surface area contributed by atoms with Crippen LogP contribution in [0.3, 0.4) is 0 Å². The molecule has 4 aliphatic heterocycles. The Morgan fingerprint density at radius 1 is 1.29 bits per heavy atom. The van der Waals surface area contributed by atoms with Gasteiger partial charge >= 0.3 is 5.97 Å². The molecule has 7 N–H and O–H groups in total. The molecule has 0 bridgehead atoms. The van der Waals surface area contributed by atoms with Gasteiger partial charge in [0.15, 0.2) is 6.29 Å². The van der Waals surface area contributed by atoms with Crippen LogP contribution in [0.1, 0.15) is 50.8 Å². The van der Waals surface area contributed by atoms with E-state index >= 15 is 0 Å². The fourth-order valence-corrected chi connectivity index (χ4v) is 6.41. The van der Waals surface area contributed by atoms with E-state index in [2.05, 4.69) is 20.9 Å². The summed E-state index contributed by atoms with van der Waals surface area (Å²) in [5.41, 5.74) is 6.22. The molecule has 2 saturated heterocycles. The third-order valence-electron chi connectivity index (χ3n) is 8.69. The molecule has 2 aromatic rings. The maximum atomic E-state index is 13.2. The molecule has 0 unspecified atom stereocenters. The molecule has 1 aromatic heterocycles. The summed E-state index contributed by atoms with van der Waals surface area (Å²) in [4.78, 5) is 45.0. The molecular weight excluding hydrogens is 626 g/mol. The Kier molecular flexibility index (Phi) is 9.19. The second-order valence-corrected chi connectivity index (χ2v) is 12.4. The van der Waals surface area contributed by atoms with Crippen molar-refractivity contribution in [1.29, 1.82) is 0 Å². The molecule has 1 amide bonds. The number of aliphatic hydroxyl groups excluding tert-OH is 1. The number of ether oxygens (including phenoxy) is 4. The van der Waals surface area contributed by atoms with Crippen LogP contribution in [-0.2, 0) is 38.7 Å².